The third kappa shape index (κ3) is 3.91. The molecule has 0 spiro atoms. The number of nitrogens with zero attached hydrogens (tertiary/aromatic N) is 6. The van der Waals surface area contributed by atoms with Gasteiger partial charge in [0.05, 0.1) is 11.3 Å². The Morgan fingerprint density at radius 2 is 1.90 bits per heavy atom. The van der Waals surface area contributed by atoms with E-state index < -0.39 is 17.1 Å². The van der Waals surface area contributed by atoms with Crippen molar-refractivity contribution in [3.8, 4) is 11.3 Å². The lowest BCUT2D eigenvalue weighted by molar-refractivity contribution is -0.137. The predicted octanol–water partition coefficient (Wildman–Crippen LogP) is 3.09. The van der Waals surface area contributed by atoms with E-state index in [1.807, 2.05) is 4.90 Å². The number of piperazine rings is 1. The van der Waals surface area contributed by atoms with E-state index in [1.165, 1.54) is 16.8 Å². The summed E-state index contributed by atoms with van der Waals surface area (Å²) in [6.07, 6.45) is -2.95. The lowest BCUT2D eigenvalue weighted by Crippen LogP contribution is -2.50. The second-order valence-electron chi connectivity index (χ2n) is 6.96. The van der Waals surface area contributed by atoms with Gasteiger partial charge in [0.15, 0.2) is 0 Å². The first-order valence-electron chi connectivity index (χ1n) is 9.31. The quantitative estimate of drug-likeness (QED) is 0.588. The summed E-state index contributed by atoms with van der Waals surface area (Å²) in [5.41, 5.74) is 0.0782. The molecule has 1 atom stereocenters. The van der Waals surface area contributed by atoms with Gasteiger partial charge in [-0.15, -0.1) is 16.7 Å². The Morgan fingerprint density at radius 1 is 1.17 bits per heavy atom. The third-order valence-electron chi connectivity index (χ3n) is 4.93. The number of hydrogen-bond donors (Lipinski definition) is 0. The molecule has 1 amide bonds. The molecule has 11 heteroatoms. The van der Waals surface area contributed by atoms with Crippen LogP contribution in [0.4, 0.5) is 19.1 Å². The Hall–Kier alpha value is -2.88. The molecule has 3 aromatic rings. The maximum absolute atomic E-state index is 13.1. The molecular formula is C19H18ClF3N6O. The summed E-state index contributed by atoms with van der Waals surface area (Å²) in [5.74, 6) is 0.577. The Labute approximate surface area is 175 Å². The zero-order chi connectivity index (χ0) is 21.5. The summed E-state index contributed by atoms with van der Waals surface area (Å²) in [4.78, 5) is 24.2. The summed E-state index contributed by atoms with van der Waals surface area (Å²) in [7, 11) is 0. The number of aromatic nitrogens is 4. The fourth-order valence-electron chi connectivity index (χ4n) is 3.37. The minimum absolute atomic E-state index is 0.118. The van der Waals surface area contributed by atoms with E-state index in [0.29, 0.717) is 43.4 Å². The molecule has 0 unspecified atom stereocenters. The number of rotatable bonds is 3. The lowest BCUT2D eigenvalue weighted by Gasteiger charge is -2.34. The van der Waals surface area contributed by atoms with Gasteiger partial charge in [0, 0.05) is 37.9 Å². The second kappa shape index (κ2) is 7.75. The van der Waals surface area contributed by atoms with Gasteiger partial charge in [-0.2, -0.15) is 22.7 Å². The summed E-state index contributed by atoms with van der Waals surface area (Å²) >= 11 is 5.87. The SMILES string of the molecule is C[C@H](Cl)C(=O)N1CCN(c2nc3nccc(-c4cccc(C(F)(F)F)c4)n3n2)CC1. The highest BCUT2D eigenvalue weighted by atomic mass is 35.5. The van der Waals surface area contributed by atoms with E-state index in [1.54, 1.807) is 24.0 Å². The van der Waals surface area contributed by atoms with Crippen molar-refractivity contribution in [2.45, 2.75) is 18.5 Å². The molecule has 1 fully saturated rings. The average molecular weight is 439 g/mol. The molecular weight excluding hydrogens is 421 g/mol. The van der Waals surface area contributed by atoms with Crippen LogP contribution in [0.25, 0.3) is 17.0 Å². The molecule has 30 heavy (non-hydrogen) atoms. The summed E-state index contributed by atoms with van der Waals surface area (Å²) in [5, 5.41) is 3.89. The number of carbonyl (C=O) groups is 1. The first-order chi connectivity index (χ1) is 14.2. The maximum atomic E-state index is 13.1. The molecule has 1 aliphatic rings. The van der Waals surface area contributed by atoms with Crippen LogP contribution in [0.3, 0.4) is 0 Å². The van der Waals surface area contributed by atoms with Crippen LogP contribution in [0.5, 0.6) is 0 Å². The maximum Gasteiger partial charge on any atom is 0.416 e. The summed E-state index contributed by atoms with van der Waals surface area (Å²) in [6.45, 7) is 3.65. The number of hydrogen-bond acceptors (Lipinski definition) is 5. The molecule has 4 rings (SSSR count). The van der Waals surface area contributed by atoms with Crippen LogP contribution in [0.15, 0.2) is 36.5 Å². The van der Waals surface area contributed by atoms with Gasteiger partial charge in [0.25, 0.3) is 5.78 Å². The molecule has 7 nitrogen and oxygen atoms in total. The number of amides is 1. The third-order valence-corrected chi connectivity index (χ3v) is 5.12. The average Bonchev–Trinajstić information content (AvgIpc) is 3.17. The monoisotopic (exact) mass is 438 g/mol. The molecule has 0 N–H and O–H groups in total. The summed E-state index contributed by atoms with van der Waals surface area (Å²) in [6, 6.07) is 6.64. The molecule has 1 aliphatic heterocycles. The van der Waals surface area contributed by atoms with Crippen LogP contribution in [-0.2, 0) is 11.0 Å². The highest BCUT2D eigenvalue weighted by molar-refractivity contribution is 6.30. The zero-order valence-electron chi connectivity index (χ0n) is 16.0. The number of anilines is 1. The first-order valence-corrected chi connectivity index (χ1v) is 9.75. The van der Waals surface area contributed by atoms with Crippen LogP contribution in [0.2, 0.25) is 0 Å². The molecule has 1 saturated heterocycles. The molecule has 1 aromatic carbocycles. The van der Waals surface area contributed by atoms with Gasteiger partial charge in [0.1, 0.15) is 5.38 Å². The Kier molecular flexibility index (Phi) is 5.27. The van der Waals surface area contributed by atoms with E-state index in [-0.39, 0.29) is 11.7 Å². The molecule has 2 aromatic heterocycles. The Morgan fingerprint density at radius 3 is 2.57 bits per heavy atom. The smallest absolute Gasteiger partial charge is 0.338 e. The van der Waals surface area contributed by atoms with Gasteiger partial charge in [0.2, 0.25) is 11.9 Å². The standard InChI is InChI=1S/C19H18ClF3N6O/c1-12(20)16(30)27-7-9-28(10-8-27)18-25-17-24-6-5-15(29(17)26-18)13-3-2-4-14(11-13)19(21,22)23/h2-6,11-12H,7-10H2,1H3/t12-/m0/s1. The minimum Gasteiger partial charge on any atom is -0.338 e. The zero-order valence-corrected chi connectivity index (χ0v) is 16.7. The Bertz CT molecular complexity index is 1080. The van der Waals surface area contributed by atoms with E-state index in [9.17, 15) is 18.0 Å². The number of fused-ring (bicyclic) bond motifs is 1. The van der Waals surface area contributed by atoms with E-state index >= 15 is 0 Å². The second-order valence-corrected chi connectivity index (χ2v) is 7.62. The minimum atomic E-state index is -4.44. The van der Waals surface area contributed by atoms with Crippen LogP contribution in [0, 0.1) is 0 Å². The Balaban J connectivity index is 1.62. The van der Waals surface area contributed by atoms with E-state index in [4.69, 9.17) is 11.6 Å². The van der Waals surface area contributed by atoms with Gasteiger partial charge in [-0.25, -0.2) is 4.98 Å². The van der Waals surface area contributed by atoms with Crippen molar-refractivity contribution in [3.63, 3.8) is 0 Å². The van der Waals surface area contributed by atoms with Crippen LogP contribution in [-0.4, -0.2) is 61.9 Å². The van der Waals surface area contributed by atoms with Crippen molar-refractivity contribution in [1.29, 1.82) is 0 Å². The van der Waals surface area contributed by atoms with Crippen molar-refractivity contribution in [2.24, 2.45) is 0 Å². The number of alkyl halides is 4. The summed E-state index contributed by atoms with van der Waals surface area (Å²) < 4.78 is 40.7. The van der Waals surface area contributed by atoms with Gasteiger partial charge >= 0.3 is 6.18 Å². The van der Waals surface area contributed by atoms with Gasteiger partial charge < -0.3 is 9.80 Å². The van der Waals surface area contributed by atoms with Crippen molar-refractivity contribution >= 4 is 29.2 Å². The highest BCUT2D eigenvalue weighted by Gasteiger charge is 2.31. The predicted molar refractivity (Wildman–Crippen MR) is 105 cm³/mol. The molecule has 158 valence electrons. The fourth-order valence-corrected chi connectivity index (χ4v) is 3.51. The van der Waals surface area contributed by atoms with Gasteiger partial charge in [-0.1, -0.05) is 12.1 Å². The number of benzene rings is 1. The van der Waals surface area contributed by atoms with Gasteiger partial charge in [-0.05, 0) is 25.1 Å². The lowest BCUT2D eigenvalue weighted by atomic mass is 10.1. The number of carbonyl (C=O) groups excluding carboxylic acids is 1. The van der Waals surface area contributed by atoms with E-state index in [0.717, 1.165) is 12.1 Å². The molecule has 3 heterocycles. The molecule has 0 aliphatic carbocycles. The highest BCUT2D eigenvalue weighted by Crippen LogP contribution is 2.32. The first kappa shape index (κ1) is 20.4. The van der Waals surface area contributed by atoms with Crippen LogP contribution in [0.1, 0.15) is 12.5 Å². The molecule has 0 saturated carbocycles. The molecule has 0 bridgehead atoms. The van der Waals surface area contributed by atoms with E-state index in [2.05, 4.69) is 15.1 Å². The van der Waals surface area contributed by atoms with Crippen LogP contribution >= 0.6 is 11.6 Å². The largest absolute Gasteiger partial charge is 0.416 e. The van der Waals surface area contributed by atoms with Crippen molar-refractivity contribution in [3.05, 3.63) is 42.1 Å². The van der Waals surface area contributed by atoms with Crippen molar-refractivity contribution < 1.29 is 18.0 Å². The topological polar surface area (TPSA) is 66.6 Å². The van der Waals surface area contributed by atoms with Crippen molar-refractivity contribution in [1.82, 2.24) is 24.5 Å². The van der Waals surface area contributed by atoms with Crippen molar-refractivity contribution in [2.75, 3.05) is 31.1 Å². The fraction of sp³-hybridized carbons (Fsp3) is 0.368. The van der Waals surface area contributed by atoms with Crippen LogP contribution < -0.4 is 4.90 Å². The molecule has 0 radical (unpaired) electrons. The van der Waals surface area contributed by atoms with Gasteiger partial charge in [-0.3, -0.25) is 4.79 Å². The normalized spacial score (nSPS) is 16.2. The number of halogens is 4.